The van der Waals surface area contributed by atoms with Crippen molar-refractivity contribution in [3.63, 3.8) is 0 Å². The van der Waals surface area contributed by atoms with Crippen LogP contribution < -0.4 is 5.32 Å². The van der Waals surface area contributed by atoms with Gasteiger partial charge in [-0.2, -0.15) is 0 Å². The molecule has 3 aliphatic rings. The minimum atomic E-state index is -0.485. The Hall–Kier alpha value is -2.57. The molecule has 0 aromatic heterocycles. The number of imide groups is 1. The maximum absolute atomic E-state index is 12.7. The van der Waals surface area contributed by atoms with Crippen LogP contribution in [0.4, 0.5) is 4.79 Å². The highest BCUT2D eigenvalue weighted by Gasteiger charge is 2.49. The summed E-state index contributed by atoms with van der Waals surface area (Å²) in [4.78, 5) is 35.7. The molecule has 3 amide bonds. The SMILES string of the molecule is CCC1CCCN(C2=NC3C(C(=O)NC(=O)N3C)N2Cc2ccc(C)cc2)C1. The summed E-state index contributed by atoms with van der Waals surface area (Å²) in [5, 5.41) is 2.48. The van der Waals surface area contributed by atoms with Crippen molar-refractivity contribution in [3.05, 3.63) is 35.4 Å². The standard InChI is InChI=1S/C21H29N5O2/c1-4-15-6-5-11-25(12-15)20-22-18-17(19(27)23-21(28)24(18)3)26(20)13-16-9-7-14(2)8-10-16/h7-10,15,17-18H,4-6,11-13H2,1-3H3,(H,23,27,28). The van der Waals surface area contributed by atoms with Crippen molar-refractivity contribution in [3.8, 4) is 0 Å². The second-order valence-corrected chi connectivity index (χ2v) is 8.17. The third-order valence-corrected chi connectivity index (χ3v) is 6.19. The maximum atomic E-state index is 12.7. The summed E-state index contributed by atoms with van der Waals surface area (Å²) in [5.41, 5.74) is 2.34. The minimum absolute atomic E-state index is 0.261. The van der Waals surface area contributed by atoms with Crippen molar-refractivity contribution in [1.29, 1.82) is 0 Å². The Labute approximate surface area is 166 Å². The van der Waals surface area contributed by atoms with Gasteiger partial charge in [0, 0.05) is 26.7 Å². The Morgan fingerprint density at radius 2 is 1.96 bits per heavy atom. The Morgan fingerprint density at radius 3 is 2.68 bits per heavy atom. The molecule has 0 saturated carbocycles. The molecule has 2 saturated heterocycles. The molecule has 0 aliphatic carbocycles. The van der Waals surface area contributed by atoms with Crippen molar-refractivity contribution in [2.24, 2.45) is 10.9 Å². The largest absolute Gasteiger partial charge is 0.342 e. The molecule has 3 heterocycles. The number of urea groups is 1. The van der Waals surface area contributed by atoms with Gasteiger partial charge in [0.2, 0.25) is 0 Å². The highest BCUT2D eigenvalue weighted by molar-refractivity contribution is 6.03. The first-order chi connectivity index (χ1) is 13.5. The Kier molecular flexibility index (Phi) is 5.00. The number of nitrogens with zero attached hydrogens (tertiary/aromatic N) is 4. The molecule has 1 N–H and O–H groups in total. The number of fused-ring (bicyclic) bond motifs is 1. The molecule has 3 aliphatic heterocycles. The summed E-state index contributed by atoms with van der Waals surface area (Å²) in [6, 6.07) is 7.51. The van der Waals surface area contributed by atoms with Gasteiger partial charge in [-0.3, -0.25) is 10.1 Å². The summed E-state index contributed by atoms with van der Waals surface area (Å²) >= 11 is 0. The number of amides is 3. The van der Waals surface area contributed by atoms with Gasteiger partial charge in [-0.05, 0) is 31.2 Å². The molecule has 3 atom stereocenters. The number of rotatable bonds is 3. The number of piperidine rings is 1. The molecule has 1 aromatic rings. The molecule has 0 spiro atoms. The van der Waals surface area contributed by atoms with E-state index >= 15 is 0 Å². The normalized spacial score (nSPS) is 27.6. The van der Waals surface area contributed by atoms with Crippen molar-refractivity contribution in [2.45, 2.75) is 51.9 Å². The smallest absolute Gasteiger partial charge is 0.325 e. The van der Waals surface area contributed by atoms with E-state index in [1.54, 1.807) is 11.9 Å². The van der Waals surface area contributed by atoms with Crippen molar-refractivity contribution in [2.75, 3.05) is 20.1 Å². The van der Waals surface area contributed by atoms with Gasteiger partial charge in [0.25, 0.3) is 5.91 Å². The van der Waals surface area contributed by atoms with Gasteiger partial charge in [0.05, 0.1) is 0 Å². The fourth-order valence-electron chi connectivity index (χ4n) is 4.41. The number of carbonyl (C=O) groups excluding carboxylic acids is 2. The Morgan fingerprint density at radius 1 is 1.21 bits per heavy atom. The van der Waals surface area contributed by atoms with Gasteiger partial charge in [0.15, 0.2) is 18.2 Å². The monoisotopic (exact) mass is 383 g/mol. The van der Waals surface area contributed by atoms with E-state index in [0.717, 1.165) is 37.5 Å². The molecule has 7 nitrogen and oxygen atoms in total. The fraction of sp³-hybridized carbons (Fsp3) is 0.571. The van der Waals surface area contributed by atoms with E-state index in [4.69, 9.17) is 4.99 Å². The summed E-state index contributed by atoms with van der Waals surface area (Å²) in [5.74, 6) is 1.24. The van der Waals surface area contributed by atoms with Crippen LogP contribution in [0.15, 0.2) is 29.3 Å². The van der Waals surface area contributed by atoms with Crippen LogP contribution in [0.5, 0.6) is 0 Å². The van der Waals surface area contributed by atoms with Gasteiger partial charge in [0.1, 0.15) is 0 Å². The average molecular weight is 383 g/mol. The highest BCUT2D eigenvalue weighted by atomic mass is 16.2. The number of hydrogen-bond donors (Lipinski definition) is 1. The van der Waals surface area contributed by atoms with Gasteiger partial charge in [-0.25, -0.2) is 9.79 Å². The molecule has 4 rings (SSSR count). The topological polar surface area (TPSA) is 68.2 Å². The number of hydrogen-bond acceptors (Lipinski definition) is 5. The zero-order valence-corrected chi connectivity index (χ0v) is 16.9. The van der Waals surface area contributed by atoms with Crippen LogP contribution in [0, 0.1) is 12.8 Å². The van der Waals surface area contributed by atoms with Crippen LogP contribution in [0.25, 0.3) is 0 Å². The molecule has 2 fully saturated rings. The number of nitrogens with one attached hydrogen (secondary N) is 1. The quantitative estimate of drug-likeness (QED) is 0.869. The lowest BCUT2D eigenvalue weighted by Gasteiger charge is -2.40. The molecule has 150 valence electrons. The highest BCUT2D eigenvalue weighted by Crippen LogP contribution is 2.30. The predicted octanol–water partition coefficient (Wildman–Crippen LogP) is 2.16. The number of guanidine groups is 1. The molecule has 7 heteroatoms. The Balaban J connectivity index is 1.66. The van der Waals surface area contributed by atoms with Crippen LogP contribution in [-0.4, -0.2) is 64.9 Å². The molecule has 0 radical (unpaired) electrons. The van der Waals surface area contributed by atoms with Gasteiger partial charge in [-0.1, -0.05) is 43.2 Å². The van der Waals surface area contributed by atoms with E-state index in [0.29, 0.717) is 12.5 Å². The Bertz CT molecular complexity index is 790. The van der Waals surface area contributed by atoms with E-state index in [1.165, 1.54) is 12.0 Å². The molecular formula is C21H29N5O2. The molecule has 0 bridgehead atoms. The summed E-state index contributed by atoms with van der Waals surface area (Å²) in [7, 11) is 1.71. The first-order valence-corrected chi connectivity index (χ1v) is 10.2. The van der Waals surface area contributed by atoms with Crippen LogP contribution in [0.1, 0.15) is 37.3 Å². The van der Waals surface area contributed by atoms with Crippen molar-refractivity contribution >= 4 is 17.9 Å². The first kappa shape index (κ1) is 18.8. The number of likely N-dealkylation sites (N-methyl/N-ethyl adjacent to an activating group) is 1. The third kappa shape index (κ3) is 3.34. The molecule has 28 heavy (non-hydrogen) atoms. The summed E-state index contributed by atoms with van der Waals surface area (Å²) in [6.07, 6.45) is 3.05. The lowest BCUT2D eigenvalue weighted by Crippen LogP contribution is -2.64. The number of aliphatic imine (C=N–C) groups is 1. The van der Waals surface area contributed by atoms with Crippen molar-refractivity contribution < 1.29 is 9.59 Å². The molecular weight excluding hydrogens is 354 g/mol. The van der Waals surface area contributed by atoms with Crippen molar-refractivity contribution in [1.82, 2.24) is 20.0 Å². The number of likely N-dealkylation sites (tertiary alicyclic amines) is 1. The fourth-order valence-corrected chi connectivity index (χ4v) is 4.41. The minimum Gasteiger partial charge on any atom is -0.342 e. The van der Waals surface area contributed by atoms with Crippen LogP contribution in [0.3, 0.4) is 0 Å². The summed E-state index contributed by atoms with van der Waals surface area (Å²) < 4.78 is 0. The third-order valence-electron chi connectivity index (χ3n) is 6.19. The lowest BCUT2D eigenvalue weighted by molar-refractivity contribution is -0.127. The molecule has 1 aromatic carbocycles. The van der Waals surface area contributed by atoms with Crippen LogP contribution >= 0.6 is 0 Å². The van der Waals surface area contributed by atoms with E-state index in [-0.39, 0.29) is 11.9 Å². The number of carbonyl (C=O) groups is 2. The predicted molar refractivity (Wildman–Crippen MR) is 108 cm³/mol. The molecule has 3 unspecified atom stereocenters. The number of aryl methyl sites for hydroxylation is 1. The van der Waals surface area contributed by atoms with E-state index in [1.807, 2.05) is 0 Å². The second kappa shape index (κ2) is 7.45. The summed E-state index contributed by atoms with van der Waals surface area (Å²) in [6.45, 7) is 6.80. The van der Waals surface area contributed by atoms with Gasteiger partial charge >= 0.3 is 6.03 Å². The lowest BCUT2D eigenvalue weighted by atomic mass is 9.96. The average Bonchev–Trinajstić information content (AvgIpc) is 3.08. The van der Waals surface area contributed by atoms with Gasteiger partial charge in [-0.15, -0.1) is 0 Å². The second-order valence-electron chi connectivity index (χ2n) is 8.17. The number of benzene rings is 1. The maximum Gasteiger partial charge on any atom is 0.325 e. The van der Waals surface area contributed by atoms with Gasteiger partial charge < -0.3 is 14.7 Å². The van der Waals surface area contributed by atoms with Crippen LogP contribution in [0.2, 0.25) is 0 Å². The van der Waals surface area contributed by atoms with E-state index in [2.05, 4.69) is 53.2 Å². The zero-order valence-electron chi connectivity index (χ0n) is 16.9. The van der Waals surface area contributed by atoms with Crippen LogP contribution in [-0.2, 0) is 11.3 Å². The van der Waals surface area contributed by atoms with E-state index < -0.39 is 12.2 Å². The van der Waals surface area contributed by atoms with E-state index in [9.17, 15) is 9.59 Å². The zero-order chi connectivity index (χ0) is 19.8. The first-order valence-electron chi connectivity index (χ1n) is 10.2.